The van der Waals surface area contributed by atoms with E-state index in [-0.39, 0.29) is 41.4 Å². The Morgan fingerprint density at radius 1 is 0.583 bits per heavy atom. The Morgan fingerprint density at radius 3 is 1.58 bits per heavy atom. The number of hydrogen-bond acceptors (Lipinski definition) is 6. The highest BCUT2D eigenvalue weighted by Gasteiger charge is 2.34. The highest BCUT2D eigenvalue weighted by molar-refractivity contribution is 5.92. The van der Waals surface area contributed by atoms with Crippen LogP contribution in [-0.4, -0.2) is 52.6 Å². The number of nitrogens with zero attached hydrogens (tertiary/aromatic N) is 1. The first-order valence-electron chi connectivity index (χ1n) is 21.1. The fourth-order valence-electron chi connectivity index (χ4n) is 7.01. The second-order valence-corrected chi connectivity index (χ2v) is 15.7. The van der Waals surface area contributed by atoms with Crippen LogP contribution >= 0.6 is 0 Å². The van der Waals surface area contributed by atoms with Gasteiger partial charge < -0.3 is 31.6 Å². The van der Waals surface area contributed by atoms with Crippen LogP contribution in [0.5, 0.6) is 0 Å². The number of anilines is 1. The van der Waals surface area contributed by atoms with Crippen LogP contribution in [0.1, 0.15) is 86.8 Å². The number of rotatable bonds is 21. The molecule has 5 aromatic rings. The molecule has 2 atom stereocenters. The number of nitrogens with one attached hydrogen (secondary N) is 6. The highest BCUT2D eigenvalue weighted by atomic mass is 16.2. The average Bonchev–Trinajstić information content (AvgIpc) is 4.23. The fourth-order valence-corrected chi connectivity index (χ4v) is 7.01. The standard InChI is InChI=1S/C48H53N7O5/c56-42(16-8-10-30-50-48(60)44(36-13-5-2-6-14-36)55-46(58)38-23-24-38)52-39-27-25-33(26-28-39)32-17-19-34(20-18-32)40-31-51-41(53-40)15-7-9-29-49-47(59)43(35-11-3-1-4-12-35)54-45(57)37-21-22-37/h1-6,11-14,17-20,25-28,31,37-38,43-44H,7-10,15-16,21-24,29-30H2,(H,49,59)(H,50,60)(H,51,53)(H,52,56)(H,54,57)(H,55,58). The third kappa shape index (κ3) is 12.0. The minimum absolute atomic E-state index is 0.00251. The van der Waals surface area contributed by atoms with Crippen molar-refractivity contribution >= 4 is 35.2 Å². The summed E-state index contributed by atoms with van der Waals surface area (Å²) in [4.78, 5) is 71.5. The molecule has 12 heteroatoms. The molecule has 2 unspecified atom stereocenters. The molecule has 0 spiro atoms. The van der Waals surface area contributed by atoms with Crippen molar-refractivity contribution in [2.45, 2.75) is 76.3 Å². The molecule has 0 saturated heterocycles. The molecule has 2 aliphatic rings. The number of unbranched alkanes of at least 4 members (excludes halogenated alkanes) is 2. The van der Waals surface area contributed by atoms with Crippen LogP contribution in [-0.2, 0) is 30.4 Å². The van der Waals surface area contributed by atoms with Crippen LogP contribution in [0.4, 0.5) is 5.69 Å². The number of amides is 5. The summed E-state index contributed by atoms with van der Waals surface area (Å²) in [5, 5.41) is 14.7. The summed E-state index contributed by atoms with van der Waals surface area (Å²) in [6.07, 6.45) is 9.25. The number of aryl methyl sites for hydroxylation is 1. The first kappa shape index (κ1) is 41.6. The molecule has 1 heterocycles. The van der Waals surface area contributed by atoms with Crippen molar-refractivity contribution in [2.24, 2.45) is 11.8 Å². The molecule has 0 aliphatic heterocycles. The number of benzene rings is 4. The van der Waals surface area contributed by atoms with Crippen LogP contribution in [0, 0.1) is 11.8 Å². The Balaban J connectivity index is 0.796. The van der Waals surface area contributed by atoms with Crippen molar-refractivity contribution in [3.8, 4) is 22.4 Å². The third-order valence-corrected chi connectivity index (χ3v) is 10.9. The van der Waals surface area contributed by atoms with E-state index in [1.807, 2.05) is 91.1 Å². The van der Waals surface area contributed by atoms with Gasteiger partial charge in [0.15, 0.2) is 0 Å². The van der Waals surface area contributed by atoms with Crippen molar-refractivity contribution in [3.63, 3.8) is 0 Å². The van der Waals surface area contributed by atoms with Crippen molar-refractivity contribution in [1.29, 1.82) is 0 Å². The van der Waals surface area contributed by atoms with Gasteiger partial charge in [0, 0.05) is 43.5 Å². The van der Waals surface area contributed by atoms with Crippen molar-refractivity contribution in [3.05, 3.63) is 132 Å². The third-order valence-electron chi connectivity index (χ3n) is 10.9. The Labute approximate surface area is 350 Å². The summed E-state index contributed by atoms with van der Waals surface area (Å²) >= 11 is 0. The topological polar surface area (TPSA) is 174 Å². The molecule has 310 valence electrons. The van der Waals surface area contributed by atoms with Gasteiger partial charge in [-0.25, -0.2) is 4.98 Å². The van der Waals surface area contributed by atoms with Gasteiger partial charge in [-0.2, -0.15) is 0 Å². The summed E-state index contributed by atoms with van der Waals surface area (Å²) in [6, 6.07) is 33.1. The molecule has 1 aromatic heterocycles. The number of carbonyl (C=O) groups excluding carboxylic acids is 5. The predicted octanol–water partition coefficient (Wildman–Crippen LogP) is 6.94. The molecular weight excluding hydrogens is 755 g/mol. The molecule has 0 bridgehead atoms. The van der Waals surface area contributed by atoms with E-state index >= 15 is 0 Å². The summed E-state index contributed by atoms with van der Waals surface area (Å²) in [6.45, 7) is 0.917. The number of carbonyl (C=O) groups is 5. The largest absolute Gasteiger partial charge is 0.354 e. The molecule has 12 nitrogen and oxygen atoms in total. The smallest absolute Gasteiger partial charge is 0.247 e. The molecule has 6 N–H and O–H groups in total. The van der Waals surface area contributed by atoms with Crippen molar-refractivity contribution in [1.82, 2.24) is 31.2 Å². The number of hydrogen-bond donors (Lipinski definition) is 6. The maximum absolute atomic E-state index is 13.0. The molecule has 5 amide bonds. The van der Waals surface area contributed by atoms with E-state index in [4.69, 9.17) is 0 Å². The molecular formula is C48H53N7O5. The predicted molar refractivity (Wildman–Crippen MR) is 231 cm³/mol. The zero-order chi connectivity index (χ0) is 41.7. The lowest BCUT2D eigenvalue weighted by Gasteiger charge is -2.19. The Morgan fingerprint density at radius 2 is 1.07 bits per heavy atom. The van der Waals surface area contributed by atoms with E-state index in [2.05, 4.69) is 60.8 Å². The Bertz CT molecular complexity index is 2220. The molecule has 60 heavy (non-hydrogen) atoms. The van der Waals surface area contributed by atoms with E-state index < -0.39 is 12.1 Å². The van der Waals surface area contributed by atoms with Gasteiger partial charge in [0.1, 0.15) is 17.9 Å². The van der Waals surface area contributed by atoms with Gasteiger partial charge in [-0.3, -0.25) is 24.0 Å². The van der Waals surface area contributed by atoms with E-state index in [1.54, 1.807) is 0 Å². The quantitative estimate of drug-likeness (QED) is 0.0438. The van der Waals surface area contributed by atoms with E-state index in [1.165, 1.54) is 0 Å². The fraction of sp³-hybridized carbons (Fsp3) is 0.333. The monoisotopic (exact) mass is 807 g/mol. The second-order valence-electron chi connectivity index (χ2n) is 15.7. The van der Waals surface area contributed by atoms with E-state index in [0.717, 1.165) is 84.3 Å². The number of imidazole rings is 1. The number of H-pyrrole nitrogens is 1. The lowest BCUT2D eigenvalue weighted by Crippen LogP contribution is -2.41. The minimum atomic E-state index is -0.736. The SMILES string of the molecule is O=C(CCCCNC(=O)C(NC(=O)C1CC1)c1ccccc1)Nc1ccc(-c2ccc(-c3cnc(CCCCNC(=O)C(NC(=O)C4CC4)c4ccccc4)[nH]3)cc2)cc1. The molecule has 2 saturated carbocycles. The number of aromatic nitrogens is 2. The lowest BCUT2D eigenvalue weighted by molar-refractivity contribution is -0.129. The van der Waals surface area contributed by atoms with E-state index in [0.29, 0.717) is 38.0 Å². The summed E-state index contributed by atoms with van der Waals surface area (Å²) in [7, 11) is 0. The van der Waals surface area contributed by atoms with Gasteiger partial charge in [0.05, 0.1) is 11.9 Å². The second kappa shape index (κ2) is 20.4. The molecule has 2 fully saturated rings. The van der Waals surface area contributed by atoms with Gasteiger partial charge in [0.2, 0.25) is 29.5 Å². The first-order chi connectivity index (χ1) is 29.3. The molecule has 7 rings (SSSR count). The van der Waals surface area contributed by atoms with Crippen LogP contribution in [0.15, 0.2) is 115 Å². The zero-order valence-corrected chi connectivity index (χ0v) is 33.8. The van der Waals surface area contributed by atoms with Gasteiger partial charge in [-0.1, -0.05) is 97.1 Å². The van der Waals surface area contributed by atoms with Crippen LogP contribution in [0.25, 0.3) is 22.4 Å². The van der Waals surface area contributed by atoms with Crippen molar-refractivity contribution in [2.75, 3.05) is 18.4 Å². The first-order valence-corrected chi connectivity index (χ1v) is 21.1. The highest BCUT2D eigenvalue weighted by Crippen LogP contribution is 2.31. The Kier molecular flexibility index (Phi) is 14.2. The van der Waals surface area contributed by atoms with Crippen LogP contribution in [0.2, 0.25) is 0 Å². The normalized spacial score (nSPS) is 14.3. The maximum Gasteiger partial charge on any atom is 0.247 e. The van der Waals surface area contributed by atoms with Crippen LogP contribution in [0.3, 0.4) is 0 Å². The Hall–Kier alpha value is -6.56. The minimum Gasteiger partial charge on any atom is -0.354 e. The maximum atomic E-state index is 13.0. The van der Waals surface area contributed by atoms with Gasteiger partial charge in [-0.15, -0.1) is 0 Å². The van der Waals surface area contributed by atoms with Gasteiger partial charge >= 0.3 is 0 Å². The molecule has 4 aromatic carbocycles. The lowest BCUT2D eigenvalue weighted by atomic mass is 10.0. The number of aromatic amines is 1. The van der Waals surface area contributed by atoms with Gasteiger partial charge in [-0.05, 0) is 91.3 Å². The van der Waals surface area contributed by atoms with Crippen LogP contribution < -0.4 is 26.6 Å². The van der Waals surface area contributed by atoms with E-state index in [9.17, 15) is 24.0 Å². The summed E-state index contributed by atoms with van der Waals surface area (Å²) in [5.41, 5.74) is 6.24. The van der Waals surface area contributed by atoms with Crippen molar-refractivity contribution < 1.29 is 24.0 Å². The van der Waals surface area contributed by atoms with Gasteiger partial charge in [0.25, 0.3) is 0 Å². The average molecular weight is 808 g/mol. The molecule has 2 aliphatic carbocycles. The molecule has 0 radical (unpaired) electrons. The summed E-state index contributed by atoms with van der Waals surface area (Å²) in [5.74, 6) is 0.222. The summed E-state index contributed by atoms with van der Waals surface area (Å²) < 4.78 is 0. The zero-order valence-electron chi connectivity index (χ0n) is 33.8.